The largest absolute Gasteiger partial charge is 0.328 e. The topological polar surface area (TPSA) is 70.0 Å². The summed E-state index contributed by atoms with van der Waals surface area (Å²) in [7, 11) is -3.83. The molecule has 29 heavy (non-hydrogen) atoms. The van der Waals surface area contributed by atoms with Gasteiger partial charge in [0.15, 0.2) is 0 Å². The molecule has 2 aliphatic heterocycles. The third kappa shape index (κ3) is 3.38. The fourth-order valence-corrected chi connectivity index (χ4v) is 5.75. The van der Waals surface area contributed by atoms with Crippen molar-refractivity contribution in [3.8, 4) is 0 Å². The minimum atomic E-state index is -3.83. The first-order chi connectivity index (χ1) is 13.7. The van der Waals surface area contributed by atoms with E-state index in [1.54, 1.807) is 24.0 Å². The number of halogens is 1. The molecule has 0 fully saturated rings. The third-order valence-corrected chi connectivity index (χ3v) is 7.22. The summed E-state index contributed by atoms with van der Waals surface area (Å²) in [6, 6.07) is 10.8. The van der Waals surface area contributed by atoms with Crippen LogP contribution in [0.1, 0.15) is 43.1 Å². The highest BCUT2D eigenvalue weighted by Crippen LogP contribution is 2.37. The lowest BCUT2D eigenvalue weighted by atomic mass is 10.1. The summed E-state index contributed by atoms with van der Waals surface area (Å²) in [5, 5.41) is 0. The van der Waals surface area contributed by atoms with Crippen molar-refractivity contribution in [1.29, 1.82) is 0 Å². The fraction of sp³-hybridized carbons (Fsp3) is 0.333. The summed E-state index contributed by atoms with van der Waals surface area (Å²) in [5.74, 6) is 0.246. The molecule has 0 saturated heterocycles. The van der Waals surface area contributed by atoms with Gasteiger partial charge in [-0.05, 0) is 68.7 Å². The van der Waals surface area contributed by atoms with Crippen LogP contribution in [0.3, 0.4) is 0 Å². The first-order valence-electron chi connectivity index (χ1n) is 9.58. The Hall–Kier alpha value is -2.19. The molecule has 1 atom stereocenters. The van der Waals surface area contributed by atoms with Crippen molar-refractivity contribution in [2.45, 2.75) is 44.6 Å². The molecule has 0 saturated carbocycles. The average Bonchev–Trinajstić information content (AvgIpc) is 2.98. The molecule has 0 spiro atoms. The predicted molar refractivity (Wildman–Crippen MR) is 118 cm³/mol. The van der Waals surface area contributed by atoms with Crippen molar-refractivity contribution >= 4 is 49.1 Å². The zero-order chi connectivity index (χ0) is 20.9. The number of anilines is 2. The lowest BCUT2D eigenvalue weighted by Gasteiger charge is -2.29. The molecule has 2 aromatic rings. The van der Waals surface area contributed by atoms with Gasteiger partial charge in [-0.15, -0.1) is 4.40 Å². The van der Waals surface area contributed by atoms with Crippen molar-refractivity contribution < 1.29 is 13.2 Å². The van der Waals surface area contributed by atoms with Crippen molar-refractivity contribution in [3.05, 3.63) is 52.0 Å². The molecule has 1 amide bonds. The molecule has 2 aliphatic rings. The van der Waals surface area contributed by atoms with Gasteiger partial charge in [0.1, 0.15) is 10.7 Å². The van der Waals surface area contributed by atoms with E-state index in [-0.39, 0.29) is 16.8 Å². The number of amidine groups is 1. The Morgan fingerprint density at radius 3 is 2.66 bits per heavy atom. The highest BCUT2D eigenvalue weighted by Gasteiger charge is 2.34. The van der Waals surface area contributed by atoms with E-state index in [4.69, 9.17) is 0 Å². The summed E-state index contributed by atoms with van der Waals surface area (Å²) in [6.45, 7) is 6.38. The van der Waals surface area contributed by atoms with Crippen LogP contribution in [0.25, 0.3) is 0 Å². The second-order valence-electron chi connectivity index (χ2n) is 7.45. The molecule has 0 N–H and O–H groups in total. The molecule has 0 unspecified atom stereocenters. The SMILES string of the molecule is CCCN1C(C)=NS(=O)(=O)c2cc(C(=O)N3c4ccc(Br)cc4C[C@@H]3C)ccc21. The van der Waals surface area contributed by atoms with Crippen LogP contribution in [0.4, 0.5) is 11.4 Å². The van der Waals surface area contributed by atoms with Gasteiger partial charge in [0.25, 0.3) is 15.9 Å². The first kappa shape index (κ1) is 20.1. The molecule has 0 aromatic heterocycles. The fourth-order valence-electron chi connectivity index (χ4n) is 4.08. The molecular formula is C21H22BrN3O3S. The normalized spacial score (nSPS) is 19.6. The van der Waals surface area contributed by atoms with E-state index in [1.165, 1.54) is 6.07 Å². The molecule has 6 nitrogen and oxygen atoms in total. The minimum absolute atomic E-state index is 0.00343. The second-order valence-corrected chi connectivity index (χ2v) is 9.94. The Morgan fingerprint density at radius 2 is 1.93 bits per heavy atom. The van der Waals surface area contributed by atoms with E-state index in [0.29, 0.717) is 23.6 Å². The van der Waals surface area contributed by atoms with E-state index in [9.17, 15) is 13.2 Å². The van der Waals surface area contributed by atoms with Crippen LogP contribution in [-0.2, 0) is 16.4 Å². The number of carbonyl (C=O) groups is 1. The van der Waals surface area contributed by atoms with E-state index in [2.05, 4.69) is 20.3 Å². The van der Waals surface area contributed by atoms with Crippen molar-refractivity contribution in [3.63, 3.8) is 0 Å². The van der Waals surface area contributed by atoms with E-state index < -0.39 is 10.0 Å². The van der Waals surface area contributed by atoms with Gasteiger partial charge in [0, 0.05) is 28.3 Å². The van der Waals surface area contributed by atoms with Crippen LogP contribution >= 0.6 is 15.9 Å². The van der Waals surface area contributed by atoms with Gasteiger partial charge < -0.3 is 9.80 Å². The number of fused-ring (bicyclic) bond motifs is 2. The summed E-state index contributed by atoms with van der Waals surface area (Å²) >= 11 is 3.48. The summed E-state index contributed by atoms with van der Waals surface area (Å²) < 4.78 is 30.2. The van der Waals surface area contributed by atoms with Crippen LogP contribution in [-0.4, -0.2) is 32.7 Å². The molecule has 2 heterocycles. The third-order valence-electron chi connectivity index (χ3n) is 5.34. The quantitative estimate of drug-likeness (QED) is 0.660. The molecule has 2 aromatic carbocycles. The van der Waals surface area contributed by atoms with Gasteiger partial charge >= 0.3 is 0 Å². The van der Waals surface area contributed by atoms with Crippen LogP contribution in [0.15, 0.2) is 50.2 Å². The van der Waals surface area contributed by atoms with E-state index >= 15 is 0 Å². The molecular weight excluding hydrogens is 454 g/mol. The number of hydrogen-bond donors (Lipinski definition) is 0. The summed E-state index contributed by atoms with van der Waals surface area (Å²) in [6.07, 6.45) is 1.61. The summed E-state index contributed by atoms with van der Waals surface area (Å²) in [4.78, 5) is 17.1. The Kier molecular flexibility index (Phi) is 5.02. The van der Waals surface area contributed by atoms with Gasteiger partial charge in [-0.2, -0.15) is 8.42 Å². The van der Waals surface area contributed by atoms with Gasteiger partial charge in [-0.1, -0.05) is 22.9 Å². The lowest BCUT2D eigenvalue weighted by Crippen LogP contribution is -2.37. The number of rotatable bonds is 3. The Morgan fingerprint density at radius 1 is 1.21 bits per heavy atom. The van der Waals surface area contributed by atoms with Gasteiger partial charge in [-0.25, -0.2) is 0 Å². The highest BCUT2D eigenvalue weighted by atomic mass is 79.9. The maximum absolute atomic E-state index is 13.3. The van der Waals surface area contributed by atoms with Crippen LogP contribution in [0.5, 0.6) is 0 Å². The van der Waals surface area contributed by atoms with Crippen LogP contribution < -0.4 is 9.80 Å². The Labute approximate surface area is 179 Å². The maximum Gasteiger partial charge on any atom is 0.286 e. The lowest BCUT2D eigenvalue weighted by molar-refractivity contribution is 0.0981. The van der Waals surface area contributed by atoms with E-state index in [1.807, 2.05) is 36.9 Å². The molecule has 8 heteroatoms. The smallest absolute Gasteiger partial charge is 0.286 e. The standard InChI is InChI=1S/C21H22BrN3O3S/c1-4-9-24-14(3)23-29(27,28)20-12-15(5-7-19(20)24)21(26)25-13(2)10-16-11-17(22)6-8-18(16)25/h5-8,11-13H,4,9-10H2,1-3H3/t13-/m0/s1. The Balaban J connectivity index is 1.77. The van der Waals surface area contributed by atoms with Gasteiger partial charge in [0.05, 0.1) is 5.69 Å². The zero-order valence-electron chi connectivity index (χ0n) is 16.5. The minimum Gasteiger partial charge on any atom is -0.328 e. The second kappa shape index (κ2) is 7.25. The van der Waals surface area contributed by atoms with Gasteiger partial charge in [0.2, 0.25) is 0 Å². The number of amides is 1. The number of benzene rings is 2. The molecule has 0 aliphatic carbocycles. The van der Waals surface area contributed by atoms with Crippen LogP contribution in [0, 0.1) is 0 Å². The van der Waals surface area contributed by atoms with E-state index in [0.717, 1.165) is 28.6 Å². The number of hydrogen-bond acceptors (Lipinski definition) is 4. The van der Waals surface area contributed by atoms with Crippen molar-refractivity contribution in [1.82, 2.24) is 0 Å². The number of sulfonamides is 1. The molecule has 152 valence electrons. The predicted octanol–water partition coefficient (Wildman–Crippen LogP) is 4.38. The highest BCUT2D eigenvalue weighted by molar-refractivity contribution is 9.10. The number of carbonyl (C=O) groups excluding carboxylic acids is 1. The first-order valence-corrected chi connectivity index (χ1v) is 11.8. The molecule has 0 bridgehead atoms. The molecule has 0 radical (unpaired) electrons. The monoisotopic (exact) mass is 475 g/mol. The van der Waals surface area contributed by atoms with Crippen molar-refractivity contribution in [2.75, 3.05) is 16.3 Å². The number of nitrogens with zero attached hydrogens (tertiary/aromatic N) is 3. The van der Waals surface area contributed by atoms with Gasteiger partial charge in [-0.3, -0.25) is 4.79 Å². The maximum atomic E-state index is 13.3. The van der Waals surface area contributed by atoms with Crippen molar-refractivity contribution in [2.24, 2.45) is 4.40 Å². The molecule has 4 rings (SSSR count). The van der Waals surface area contributed by atoms with Crippen LogP contribution in [0.2, 0.25) is 0 Å². The zero-order valence-corrected chi connectivity index (χ0v) is 18.9. The summed E-state index contributed by atoms with van der Waals surface area (Å²) in [5.41, 5.74) is 2.89. The average molecular weight is 476 g/mol. The Bertz CT molecular complexity index is 1140.